The van der Waals surface area contributed by atoms with Crippen molar-refractivity contribution in [2.24, 2.45) is 0 Å². The lowest BCUT2D eigenvalue weighted by molar-refractivity contribution is -0.131. The lowest BCUT2D eigenvalue weighted by atomic mass is 10.2. The van der Waals surface area contributed by atoms with Crippen LogP contribution in [0.25, 0.3) is 0 Å². The molecule has 0 aliphatic rings. The van der Waals surface area contributed by atoms with E-state index < -0.39 is 11.2 Å². The van der Waals surface area contributed by atoms with E-state index in [0.29, 0.717) is 8.95 Å². The summed E-state index contributed by atoms with van der Waals surface area (Å²) < 4.78 is 6.02. The molecule has 0 spiro atoms. The maximum Gasteiger partial charge on any atom is 0.308 e. The number of benzene rings is 1. The van der Waals surface area contributed by atoms with Gasteiger partial charge in [-0.1, -0.05) is 15.9 Å². The molecule has 3 nitrogen and oxygen atoms in total. The Morgan fingerprint density at radius 3 is 2.40 bits per heavy atom. The molecule has 0 unspecified atom stereocenters. The van der Waals surface area contributed by atoms with Crippen LogP contribution in [0.1, 0.15) is 17.3 Å². The SMILES string of the molecule is CC(=O)Oc1c(Br)cc(Br)cc1C(=O)Cl. The van der Waals surface area contributed by atoms with Crippen molar-refractivity contribution in [3.63, 3.8) is 0 Å². The van der Waals surface area contributed by atoms with E-state index in [1.807, 2.05) is 0 Å². The topological polar surface area (TPSA) is 43.4 Å². The van der Waals surface area contributed by atoms with Gasteiger partial charge in [0, 0.05) is 11.4 Å². The van der Waals surface area contributed by atoms with Gasteiger partial charge < -0.3 is 4.74 Å². The van der Waals surface area contributed by atoms with Crippen molar-refractivity contribution >= 4 is 54.7 Å². The van der Waals surface area contributed by atoms with Crippen molar-refractivity contribution in [3.05, 3.63) is 26.6 Å². The minimum atomic E-state index is -0.687. The fourth-order valence-electron chi connectivity index (χ4n) is 0.954. The minimum absolute atomic E-state index is 0.130. The van der Waals surface area contributed by atoms with Gasteiger partial charge in [-0.2, -0.15) is 0 Å². The number of ether oxygens (including phenoxy) is 1. The first-order chi connectivity index (χ1) is 6.91. The first-order valence-corrected chi connectivity index (χ1v) is 5.75. The van der Waals surface area contributed by atoms with E-state index >= 15 is 0 Å². The summed E-state index contributed by atoms with van der Waals surface area (Å²) in [5.41, 5.74) is 0.133. The first-order valence-electron chi connectivity index (χ1n) is 3.79. The van der Waals surface area contributed by atoms with Crippen LogP contribution in [-0.2, 0) is 4.79 Å². The Morgan fingerprint density at radius 1 is 1.33 bits per heavy atom. The van der Waals surface area contributed by atoms with E-state index in [0.717, 1.165) is 0 Å². The van der Waals surface area contributed by atoms with Gasteiger partial charge in [0.15, 0.2) is 5.75 Å². The van der Waals surface area contributed by atoms with Crippen LogP contribution in [0.4, 0.5) is 0 Å². The maximum atomic E-state index is 11.1. The van der Waals surface area contributed by atoms with E-state index in [2.05, 4.69) is 31.9 Å². The number of esters is 1. The molecule has 1 aromatic carbocycles. The zero-order chi connectivity index (χ0) is 11.6. The van der Waals surface area contributed by atoms with Crippen molar-refractivity contribution in [3.8, 4) is 5.75 Å². The molecule has 0 N–H and O–H groups in total. The Morgan fingerprint density at radius 2 is 1.93 bits per heavy atom. The second-order valence-corrected chi connectivity index (χ2v) is 4.74. The highest BCUT2D eigenvalue weighted by Gasteiger charge is 2.16. The van der Waals surface area contributed by atoms with E-state index in [1.54, 1.807) is 6.07 Å². The summed E-state index contributed by atoms with van der Waals surface area (Å²) in [4.78, 5) is 21.9. The molecule has 0 aliphatic heterocycles. The standard InChI is InChI=1S/C9H5Br2ClO3/c1-4(13)15-8-6(9(12)14)2-5(10)3-7(8)11/h2-3H,1H3. The molecule has 0 fully saturated rings. The molecule has 0 saturated carbocycles. The third-order valence-electron chi connectivity index (χ3n) is 1.47. The van der Waals surface area contributed by atoms with Gasteiger partial charge in [0.05, 0.1) is 10.0 Å². The number of carbonyl (C=O) groups is 2. The van der Waals surface area contributed by atoms with Gasteiger partial charge >= 0.3 is 5.97 Å². The highest BCUT2D eigenvalue weighted by Crippen LogP contribution is 2.33. The Balaban J connectivity index is 3.33. The van der Waals surface area contributed by atoms with Crippen molar-refractivity contribution in [1.29, 1.82) is 0 Å². The van der Waals surface area contributed by atoms with Crippen molar-refractivity contribution in [2.45, 2.75) is 6.92 Å². The molecular weight excluding hydrogens is 351 g/mol. The van der Waals surface area contributed by atoms with Crippen molar-refractivity contribution < 1.29 is 14.3 Å². The second-order valence-electron chi connectivity index (χ2n) is 2.63. The van der Waals surface area contributed by atoms with Gasteiger partial charge in [-0.05, 0) is 39.7 Å². The molecular formula is C9H5Br2ClO3. The molecule has 80 valence electrons. The summed E-state index contributed by atoms with van der Waals surface area (Å²) in [7, 11) is 0. The van der Waals surface area contributed by atoms with Crippen molar-refractivity contribution in [1.82, 2.24) is 0 Å². The molecule has 0 bridgehead atoms. The predicted octanol–water partition coefficient (Wildman–Crippen LogP) is 3.52. The first kappa shape index (κ1) is 12.7. The Bertz CT molecular complexity index is 432. The highest BCUT2D eigenvalue weighted by atomic mass is 79.9. The van der Waals surface area contributed by atoms with Gasteiger partial charge in [0.2, 0.25) is 0 Å². The van der Waals surface area contributed by atoms with Crippen LogP contribution in [0, 0.1) is 0 Å². The number of rotatable bonds is 2. The third kappa shape index (κ3) is 3.29. The summed E-state index contributed by atoms with van der Waals surface area (Å²) in [6, 6.07) is 3.14. The summed E-state index contributed by atoms with van der Waals surface area (Å²) in [5, 5.41) is -0.687. The fraction of sp³-hybridized carbons (Fsp3) is 0.111. The number of halogens is 3. The Kier molecular flexibility index (Phi) is 4.31. The van der Waals surface area contributed by atoms with Crippen molar-refractivity contribution in [2.75, 3.05) is 0 Å². The zero-order valence-corrected chi connectivity index (χ0v) is 11.4. The Hall–Kier alpha value is -0.390. The Labute approximate surface area is 108 Å². The minimum Gasteiger partial charge on any atom is -0.425 e. The average molecular weight is 356 g/mol. The maximum absolute atomic E-state index is 11.1. The van der Waals surface area contributed by atoms with E-state index in [4.69, 9.17) is 16.3 Å². The molecule has 0 heterocycles. The van der Waals surface area contributed by atoms with Crippen LogP contribution >= 0.6 is 43.5 Å². The molecule has 1 rings (SSSR count). The van der Waals surface area contributed by atoms with Crippen LogP contribution in [0.15, 0.2) is 21.1 Å². The molecule has 0 radical (unpaired) electrons. The summed E-state index contributed by atoms with van der Waals surface area (Å²) in [5.74, 6) is -0.386. The zero-order valence-electron chi connectivity index (χ0n) is 7.51. The van der Waals surface area contributed by atoms with Crippen LogP contribution in [0.2, 0.25) is 0 Å². The lowest BCUT2D eigenvalue weighted by Gasteiger charge is -2.08. The second kappa shape index (κ2) is 5.09. The van der Waals surface area contributed by atoms with Crippen LogP contribution in [0.3, 0.4) is 0 Å². The summed E-state index contributed by atoms with van der Waals surface area (Å²) >= 11 is 11.7. The molecule has 1 aromatic rings. The van der Waals surface area contributed by atoms with E-state index in [1.165, 1.54) is 13.0 Å². The van der Waals surface area contributed by atoms with E-state index in [-0.39, 0.29) is 11.3 Å². The average Bonchev–Trinajstić information content (AvgIpc) is 2.08. The molecule has 0 amide bonds. The fourth-order valence-corrected chi connectivity index (χ4v) is 2.40. The highest BCUT2D eigenvalue weighted by molar-refractivity contribution is 9.11. The predicted molar refractivity (Wildman–Crippen MR) is 63.3 cm³/mol. The monoisotopic (exact) mass is 354 g/mol. The molecule has 0 atom stereocenters. The third-order valence-corrected chi connectivity index (χ3v) is 2.72. The number of hydrogen-bond acceptors (Lipinski definition) is 3. The van der Waals surface area contributed by atoms with Gasteiger partial charge in [-0.15, -0.1) is 0 Å². The number of hydrogen-bond donors (Lipinski definition) is 0. The largest absolute Gasteiger partial charge is 0.425 e. The molecule has 6 heteroatoms. The quantitative estimate of drug-likeness (QED) is 0.463. The van der Waals surface area contributed by atoms with Crippen LogP contribution in [0.5, 0.6) is 5.75 Å². The van der Waals surface area contributed by atoms with E-state index in [9.17, 15) is 9.59 Å². The van der Waals surface area contributed by atoms with Gasteiger partial charge in [0.1, 0.15) is 0 Å². The van der Waals surface area contributed by atoms with Gasteiger partial charge in [-0.25, -0.2) is 0 Å². The molecule has 0 aliphatic carbocycles. The smallest absolute Gasteiger partial charge is 0.308 e. The number of carbonyl (C=O) groups excluding carboxylic acids is 2. The molecule has 0 saturated heterocycles. The summed E-state index contributed by atoms with van der Waals surface area (Å²) in [6.07, 6.45) is 0. The van der Waals surface area contributed by atoms with Gasteiger partial charge in [-0.3, -0.25) is 9.59 Å². The summed E-state index contributed by atoms with van der Waals surface area (Å²) in [6.45, 7) is 1.25. The molecule has 15 heavy (non-hydrogen) atoms. The normalized spacial score (nSPS) is 9.87. The van der Waals surface area contributed by atoms with Crippen LogP contribution < -0.4 is 4.74 Å². The lowest BCUT2D eigenvalue weighted by Crippen LogP contribution is -2.06. The van der Waals surface area contributed by atoms with Crippen LogP contribution in [-0.4, -0.2) is 11.2 Å². The molecule has 0 aromatic heterocycles. The van der Waals surface area contributed by atoms with Gasteiger partial charge in [0.25, 0.3) is 5.24 Å².